The standard InChI is InChI=1S/C14H7BrCl2F2N2O4/c15-8-4-7(16)5-10(12(8)25-14(18)19)20-13(22)6-1-2-9(17)11(3-6)21(23)24/h1-5,14H,(H,20,22). The Hall–Kier alpha value is -1.97. The van der Waals surface area contributed by atoms with Gasteiger partial charge in [0.25, 0.3) is 11.6 Å². The number of nitro benzene ring substituents is 1. The fourth-order valence-corrected chi connectivity index (χ4v) is 2.94. The van der Waals surface area contributed by atoms with Gasteiger partial charge in [-0.3, -0.25) is 14.9 Å². The average molecular weight is 456 g/mol. The second-order valence-electron chi connectivity index (χ2n) is 4.52. The molecule has 0 saturated carbocycles. The molecule has 2 aromatic carbocycles. The molecule has 2 rings (SSSR count). The Morgan fingerprint density at radius 3 is 2.56 bits per heavy atom. The molecule has 11 heteroatoms. The summed E-state index contributed by atoms with van der Waals surface area (Å²) in [6, 6.07) is 5.90. The van der Waals surface area contributed by atoms with Crippen molar-refractivity contribution in [1.82, 2.24) is 0 Å². The van der Waals surface area contributed by atoms with Crippen molar-refractivity contribution in [2.75, 3.05) is 5.32 Å². The number of alkyl halides is 2. The molecule has 0 aliphatic heterocycles. The van der Waals surface area contributed by atoms with Gasteiger partial charge in [0.05, 0.1) is 15.1 Å². The van der Waals surface area contributed by atoms with Crippen LogP contribution in [0, 0.1) is 10.1 Å². The molecule has 0 heterocycles. The minimum Gasteiger partial charge on any atom is -0.431 e. The van der Waals surface area contributed by atoms with E-state index in [2.05, 4.69) is 26.0 Å². The van der Waals surface area contributed by atoms with E-state index in [0.717, 1.165) is 6.07 Å². The zero-order chi connectivity index (χ0) is 18.7. The van der Waals surface area contributed by atoms with Gasteiger partial charge in [-0.2, -0.15) is 8.78 Å². The molecule has 0 radical (unpaired) electrons. The molecule has 0 spiro atoms. The zero-order valence-corrected chi connectivity index (χ0v) is 15.0. The minimum atomic E-state index is -3.13. The van der Waals surface area contributed by atoms with Crippen molar-refractivity contribution >= 4 is 56.4 Å². The molecular formula is C14H7BrCl2F2N2O4. The van der Waals surface area contributed by atoms with Crippen molar-refractivity contribution in [3.05, 3.63) is 60.5 Å². The molecule has 1 amide bonds. The van der Waals surface area contributed by atoms with Crippen molar-refractivity contribution in [3.63, 3.8) is 0 Å². The molecular weight excluding hydrogens is 449 g/mol. The maximum Gasteiger partial charge on any atom is 0.387 e. The predicted molar refractivity (Wildman–Crippen MR) is 91.8 cm³/mol. The second-order valence-corrected chi connectivity index (χ2v) is 6.22. The number of anilines is 1. The van der Waals surface area contributed by atoms with Crippen LogP contribution in [0.15, 0.2) is 34.8 Å². The van der Waals surface area contributed by atoms with Gasteiger partial charge < -0.3 is 10.1 Å². The van der Waals surface area contributed by atoms with Crippen LogP contribution in [-0.4, -0.2) is 17.4 Å². The summed E-state index contributed by atoms with van der Waals surface area (Å²) in [5, 5.41) is 13.2. The SMILES string of the molecule is O=C(Nc1cc(Cl)cc(Br)c1OC(F)F)c1ccc(Cl)c([N+](=O)[O-])c1. The number of benzene rings is 2. The quantitative estimate of drug-likeness (QED) is 0.475. The van der Waals surface area contributed by atoms with Crippen LogP contribution in [0.4, 0.5) is 20.2 Å². The summed E-state index contributed by atoms with van der Waals surface area (Å²) < 4.78 is 29.6. The molecule has 0 saturated heterocycles. The summed E-state index contributed by atoms with van der Waals surface area (Å²) in [5.41, 5.74) is -0.705. The van der Waals surface area contributed by atoms with Crippen LogP contribution in [0.1, 0.15) is 10.4 Å². The van der Waals surface area contributed by atoms with E-state index in [1.54, 1.807) is 0 Å². The molecule has 0 aliphatic rings. The largest absolute Gasteiger partial charge is 0.431 e. The van der Waals surface area contributed by atoms with Crippen LogP contribution in [0.5, 0.6) is 5.75 Å². The molecule has 6 nitrogen and oxygen atoms in total. The van der Waals surface area contributed by atoms with Gasteiger partial charge in [-0.15, -0.1) is 0 Å². The van der Waals surface area contributed by atoms with Crippen LogP contribution < -0.4 is 10.1 Å². The molecule has 0 atom stereocenters. The van der Waals surface area contributed by atoms with Gasteiger partial charge in [0.2, 0.25) is 0 Å². The van der Waals surface area contributed by atoms with Gasteiger partial charge in [0.15, 0.2) is 5.75 Å². The number of hydrogen-bond acceptors (Lipinski definition) is 4. The summed E-state index contributed by atoms with van der Waals surface area (Å²) in [7, 11) is 0. The molecule has 132 valence electrons. The number of nitro groups is 1. The topological polar surface area (TPSA) is 81.5 Å². The Morgan fingerprint density at radius 1 is 1.28 bits per heavy atom. The van der Waals surface area contributed by atoms with E-state index in [1.807, 2.05) is 0 Å². The summed E-state index contributed by atoms with van der Waals surface area (Å²) in [5.74, 6) is -1.13. The van der Waals surface area contributed by atoms with Gasteiger partial charge >= 0.3 is 6.61 Å². The third-order valence-corrected chi connectivity index (χ3v) is 4.00. The monoisotopic (exact) mass is 454 g/mol. The number of hydrogen-bond donors (Lipinski definition) is 1. The Balaban J connectivity index is 2.38. The summed E-state index contributed by atoms with van der Waals surface area (Å²) >= 11 is 14.5. The molecule has 0 bridgehead atoms. The van der Waals surface area contributed by atoms with E-state index >= 15 is 0 Å². The normalized spacial score (nSPS) is 10.6. The first-order valence-corrected chi connectivity index (χ1v) is 7.93. The summed E-state index contributed by atoms with van der Waals surface area (Å²) in [6.45, 7) is -3.13. The van der Waals surface area contributed by atoms with Gasteiger partial charge in [0, 0.05) is 16.7 Å². The third kappa shape index (κ3) is 4.77. The third-order valence-electron chi connectivity index (χ3n) is 2.87. The lowest BCUT2D eigenvalue weighted by atomic mass is 10.2. The van der Waals surface area contributed by atoms with E-state index in [1.165, 1.54) is 24.3 Å². The van der Waals surface area contributed by atoms with Gasteiger partial charge in [-0.1, -0.05) is 23.2 Å². The van der Waals surface area contributed by atoms with Crippen molar-refractivity contribution in [1.29, 1.82) is 0 Å². The number of halogens is 5. The second kappa shape index (κ2) is 7.94. The number of amides is 1. The maximum absolute atomic E-state index is 12.5. The maximum atomic E-state index is 12.5. The van der Waals surface area contributed by atoms with Gasteiger partial charge in [-0.05, 0) is 40.2 Å². The number of carbonyl (C=O) groups is 1. The Bertz CT molecular complexity index is 852. The number of nitrogens with zero attached hydrogens (tertiary/aromatic N) is 1. The first-order valence-electron chi connectivity index (χ1n) is 6.38. The summed E-state index contributed by atoms with van der Waals surface area (Å²) in [6.07, 6.45) is 0. The summed E-state index contributed by atoms with van der Waals surface area (Å²) in [4.78, 5) is 22.4. The molecule has 0 aliphatic carbocycles. The molecule has 0 fully saturated rings. The number of ether oxygens (including phenoxy) is 1. The number of rotatable bonds is 5. The van der Waals surface area contributed by atoms with Crippen LogP contribution in [0.3, 0.4) is 0 Å². The highest BCUT2D eigenvalue weighted by Gasteiger charge is 2.20. The van der Waals surface area contributed by atoms with Gasteiger partial charge in [-0.25, -0.2) is 0 Å². The van der Waals surface area contributed by atoms with E-state index in [0.29, 0.717) is 0 Å². The first kappa shape index (κ1) is 19.4. The van der Waals surface area contributed by atoms with E-state index in [-0.39, 0.29) is 31.5 Å². The molecule has 2 aromatic rings. The van der Waals surface area contributed by atoms with E-state index < -0.39 is 23.1 Å². The average Bonchev–Trinajstić information content (AvgIpc) is 2.50. The highest BCUT2D eigenvalue weighted by molar-refractivity contribution is 9.10. The van der Waals surface area contributed by atoms with Crippen LogP contribution >= 0.6 is 39.1 Å². The highest BCUT2D eigenvalue weighted by Crippen LogP contribution is 2.38. The highest BCUT2D eigenvalue weighted by atomic mass is 79.9. The fraction of sp³-hybridized carbons (Fsp3) is 0.0714. The van der Waals surface area contributed by atoms with Crippen LogP contribution in [0.25, 0.3) is 0 Å². The predicted octanol–water partition coefficient (Wildman–Crippen LogP) is 5.52. The smallest absolute Gasteiger partial charge is 0.387 e. The van der Waals surface area contributed by atoms with Gasteiger partial charge in [0.1, 0.15) is 5.02 Å². The zero-order valence-electron chi connectivity index (χ0n) is 11.9. The number of carbonyl (C=O) groups excluding carboxylic acids is 1. The molecule has 25 heavy (non-hydrogen) atoms. The fourth-order valence-electron chi connectivity index (χ4n) is 1.85. The van der Waals surface area contributed by atoms with Crippen molar-refractivity contribution in [2.45, 2.75) is 6.61 Å². The van der Waals surface area contributed by atoms with E-state index in [4.69, 9.17) is 23.2 Å². The Kier molecular flexibility index (Phi) is 6.15. The molecule has 1 N–H and O–H groups in total. The molecule has 0 aromatic heterocycles. The Morgan fingerprint density at radius 2 is 1.96 bits per heavy atom. The van der Waals surface area contributed by atoms with Crippen molar-refractivity contribution in [3.8, 4) is 5.75 Å². The lowest BCUT2D eigenvalue weighted by Crippen LogP contribution is -2.14. The minimum absolute atomic E-state index is 0.0951. The Labute approximate surface area is 158 Å². The van der Waals surface area contributed by atoms with Crippen molar-refractivity contribution in [2.24, 2.45) is 0 Å². The lowest BCUT2D eigenvalue weighted by Gasteiger charge is -2.14. The molecule has 0 unspecified atom stereocenters. The van der Waals surface area contributed by atoms with Crippen molar-refractivity contribution < 1.29 is 23.2 Å². The lowest BCUT2D eigenvalue weighted by molar-refractivity contribution is -0.384. The first-order chi connectivity index (χ1) is 11.7. The van der Waals surface area contributed by atoms with Crippen LogP contribution in [-0.2, 0) is 0 Å². The van der Waals surface area contributed by atoms with Crippen LogP contribution in [0.2, 0.25) is 10.0 Å². The number of nitrogens with one attached hydrogen (secondary N) is 1. The van der Waals surface area contributed by atoms with E-state index in [9.17, 15) is 23.7 Å².